The second-order valence-electron chi connectivity index (χ2n) is 3.88. The van der Waals surface area contributed by atoms with Crippen LogP contribution < -0.4 is 5.32 Å². The zero-order valence-electron chi connectivity index (χ0n) is 9.90. The molecule has 2 rings (SSSR count). The summed E-state index contributed by atoms with van der Waals surface area (Å²) in [7, 11) is 0. The summed E-state index contributed by atoms with van der Waals surface area (Å²) in [5, 5.41) is 5.49. The van der Waals surface area contributed by atoms with Crippen molar-refractivity contribution in [1.82, 2.24) is 10.3 Å². The second kappa shape index (κ2) is 5.38. The van der Waals surface area contributed by atoms with Gasteiger partial charge in [0.15, 0.2) is 0 Å². The topological polar surface area (TPSA) is 24.9 Å². The average molecular weight is 250 g/mol. The molecule has 0 bridgehead atoms. The van der Waals surface area contributed by atoms with Gasteiger partial charge in [-0.2, -0.15) is 0 Å². The van der Waals surface area contributed by atoms with Crippen molar-refractivity contribution in [3.63, 3.8) is 0 Å². The Morgan fingerprint density at radius 1 is 1.47 bits per heavy atom. The normalized spacial score (nSPS) is 12.6. The zero-order valence-corrected chi connectivity index (χ0v) is 10.7. The molecular formula is C13H15FN2S. The minimum Gasteiger partial charge on any atom is -0.305 e. The number of halogens is 1. The quantitative estimate of drug-likeness (QED) is 0.900. The third kappa shape index (κ3) is 2.90. The number of hydrogen-bond donors (Lipinski definition) is 1. The molecule has 2 heterocycles. The van der Waals surface area contributed by atoms with E-state index in [1.807, 2.05) is 0 Å². The first-order valence-corrected chi connectivity index (χ1v) is 6.48. The van der Waals surface area contributed by atoms with E-state index < -0.39 is 0 Å². The van der Waals surface area contributed by atoms with Crippen LogP contribution in [0.15, 0.2) is 29.8 Å². The summed E-state index contributed by atoms with van der Waals surface area (Å²) in [5.74, 6) is -0.300. The SMILES string of the molecule is CCNC(c1csc(C)c1)c1ccc(F)cn1. The van der Waals surface area contributed by atoms with Crippen LogP contribution in [-0.4, -0.2) is 11.5 Å². The molecule has 0 saturated heterocycles. The van der Waals surface area contributed by atoms with E-state index in [0.717, 1.165) is 12.2 Å². The summed E-state index contributed by atoms with van der Waals surface area (Å²) in [4.78, 5) is 5.42. The van der Waals surface area contributed by atoms with Crippen LogP contribution in [0.2, 0.25) is 0 Å². The number of aromatic nitrogens is 1. The highest BCUT2D eigenvalue weighted by Gasteiger charge is 2.15. The number of rotatable bonds is 4. The minimum absolute atomic E-state index is 0.0468. The van der Waals surface area contributed by atoms with Crippen molar-refractivity contribution < 1.29 is 4.39 Å². The van der Waals surface area contributed by atoms with E-state index >= 15 is 0 Å². The molecule has 0 radical (unpaired) electrons. The first-order chi connectivity index (χ1) is 8.20. The first kappa shape index (κ1) is 12.2. The van der Waals surface area contributed by atoms with E-state index in [9.17, 15) is 4.39 Å². The van der Waals surface area contributed by atoms with E-state index in [4.69, 9.17) is 0 Å². The third-order valence-electron chi connectivity index (χ3n) is 2.54. The highest BCUT2D eigenvalue weighted by atomic mass is 32.1. The molecule has 4 heteroatoms. The Balaban J connectivity index is 2.31. The molecule has 2 aromatic heterocycles. The summed E-state index contributed by atoms with van der Waals surface area (Å²) < 4.78 is 12.9. The van der Waals surface area contributed by atoms with E-state index in [1.165, 1.54) is 22.7 Å². The Morgan fingerprint density at radius 2 is 2.29 bits per heavy atom. The van der Waals surface area contributed by atoms with Crippen LogP contribution in [0.1, 0.15) is 29.1 Å². The molecule has 90 valence electrons. The van der Waals surface area contributed by atoms with Crippen molar-refractivity contribution in [2.24, 2.45) is 0 Å². The Hall–Kier alpha value is -1.26. The number of pyridine rings is 1. The summed E-state index contributed by atoms with van der Waals surface area (Å²) in [6.07, 6.45) is 1.26. The van der Waals surface area contributed by atoms with Gasteiger partial charge in [-0.1, -0.05) is 6.92 Å². The van der Waals surface area contributed by atoms with Crippen LogP contribution >= 0.6 is 11.3 Å². The predicted molar refractivity (Wildman–Crippen MR) is 68.8 cm³/mol. The summed E-state index contributed by atoms with van der Waals surface area (Å²) in [5.41, 5.74) is 2.04. The molecule has 17 heavy (non-hydrogen) atoms. The zero-order chi connectivity index (χ0) is 12.3. The van der Waals surface area contributed by atoms with Gasteiger partial charge in [-0.15, -0.1) is 11.3 Å². The Bertz CT molecular complexity index is 478. The lowest BCUT2D eigenvalue weighted by molar-refractivity contribution is 0.595. The van der Waals surface area contributed by atoms with Crippen molar-refractivity contribution in [1.29, 1.82) is 0 Å². The molecule has 0 aliphatic heterocycles. The lowest BCUT2D eigenvalue weighted by Crippen LogP contribution is -2.22. The molecule has 0 fully saturated rings. The molecular weight excluding hydrogens is 235 g/mol. The summed E-state index contributed by atoms with van der Waals surface area (Å²) >= 11 is 1.71. The van der Waals surface area contributed by atoms with Crippen LogP contribution in [0.25, 0.3) is 0 Å². The summed E-state index contributed by atoms with van der Waals surface area (Å²) in [6, 6.07) is 5.37. The van der Waals surface area contributed by atoms with Gasteiger partial charge >= 0.3 is 0 Å². The number of hydrogen-bond acceptors (Lipinski definition) is 3. The van der Waals surface area contributed by atoms with Gasteiger partial charge in [0, 0.05) is 4.88 Å². The predicted octanol–water partition coefficient (Wildman–Crippen LogP) is 3.29. The van der Waals surface area contributed by atoms with Crippen molar-refractivity contribution in [2.75, 3.05) is 6.54 Å². The monoisotopic (exact) mass is 250 g/mol. The van der Waals surface area contributed by atoms with Gasteiger partial charge in [-0.05, 0) is 42.6 Å². The largest absolute Gasteiger partial charge is 0.305 e. The first-order valence-electron chi connectivity index (χ1n) is 5.60. The van der Waals surface area contributed by atoms with Gasteiger partial charge in [-0.25, -0.2) is 4.39 Å². The van der Waals surface area contributed by atoms with Crippen molar-refractivity contribution in [3.05, 3.63) is 51.7 Å². The van der Waals surface area contributed by atoms with Crippen LogP contribution in [0.4, 0.5) is 4.39 Å². The lowest BCUT2D eigenvalue weighted by atomic mass is 10.1. The number of nitrogens with zero attached hydrogens (tertiary/aromatic N) is 1. The molecule has 0 spiro atoms. The minimum atomic E-state index is -0.300. The van der Waals surface area contributed by atoms with E-state index in [-0.39, 0.29) is 11.9 Å². The standard InChI is InChI=1S/C13H15FN2S/c1-3-15-13(10-6-9(2)17-8-10)12-5-4-11(14)7-16-12/h4-8,13,15H,3H2,1-2H3. The average Bonchev–Trinajstić information content (AvgIpc) is 2.74. The molecule has 1 atom stereocenters. The van der Waals surface area contributed by atoms with Crippen molar-refractivity contribution in [2.45, 2.75) is 19.9 Å². The number of aryl methyl sites for hydroxylation is 1. The van der Waals surface area contributed by atoms with E-state index in [2.05, 4.69) is 35.6 Å². The fraction of sp³-hybridized carbons (Fsp3) is 0.308. The molecule has 1 unspecified atom stereocenters. The maximum atomic E-state index is 12.9. The molecule has 2 nitrogen and oxygen atoms in total. The summed E-state index contributed by atoms with van der Waals surface area (Å²) in [6.45, 7) is 4.98. The fourth-order valence-electron chi connectivity index (χ4n) is 1.77. The Morgan fingerprint density at radius 3 is 2.82 bits per heavy atom. The van der Waals surface area contributed by atoms with Gasteiger partial charge < -0.3 is 5.32 Å². The van der Waals surface area contributed by atoms with Gasteiger partial charge in [0.2, 0.25) is 0 Å². The smallest absolute Gasteiger partial charge is 0.141 e. The molecule has 0 aromatic carbocycles. The van der Waals surface area contributed by atoms with Crippen molar-refractivity contribution in [3.8, 4) is 0 Å². The molecule has 0 amide bonds. The van der Waals surface area contributed by atoms with Crippen LogP contribution in [0.5, 0.6) is 0 Å². The number of thiophene rings is 1. The van der Waals surface area contributed by atoms with Crippen LogP contribution in [0, 0.1) is 12.7 Å². The van der Waals surface area contributed by atoms with Gasteiger partial charge in [0.25, 0.3) is 0 Å². The second-order valence-corrected chi connectivity index (χ2v) is 5.00. The maximum Gasteiger partial charge on any atom is 0.141 e. The molecule has 0 saturated carbocycles. The van der Waals surface area contributed by atoms with Gasteiger partial charge in [0.05, 0.1) is 17.9 Å². The van der Waals surface area contributed by atoms with E-state index in [0.29, 0.717) is 0 Å². The molecule has 0 aliphatic carbocycles. The van der Waals surface area contributed by atoms with Crippen molar-refractivity contribution >= 4 is 11.3 Å². The highest BCUT2D eigenvalue weighted by molar-refractivity contribution is 7.10. The molecule has 0 aliphatic rings. The van der Waals surface area contributed by atoms with Crippen LogP contribution in [0.3, 0.4) is 0 Å². The van der Waals surface area contributed by atoms with E-state index in [1.54, 1.807) is 17.4 Å². The van der Waals surface area contributed by atoms with Gasteiger partial charge in [-0.3, -0.25) is 4.98 Å². The third-order valence-corrected chi connectivity index (χ3v) is 3.42. The Kier molecular flexibility index (Phi) is 3.86. The fourth-order valence-corrected chi connectivity index (χ4v) is 2.50. The molecule has 2 aromatic rings. The van der Waals surface area contributed by atoms with Gasteiger partial charge in [0.1, 0.15) is 5.82 Å². The highest BCUT2D eigenvalue weighted by Crippen LogP contribution is 2.25. The Labute approximate surface area is 105 Å². The number of nitrogens with one attached hydrogen (secondary N) is 1. The molecule has 1 N–H and O–H groups in total. The van der Waals surface area contributed by atoms with Crippen LogP contribution in [-0.2, 0) is 0 Å². The lowest BCUT2D eigenvalue weighted by Gasteiger charge is -2.16. The maximum absolute atomic E-state index is 12.9.